The molecular formula is C37H50F3N7O4. The van der Waals surface area contributed by atoms with E-state index in [4.69, 9.17) is 4.84 Å². The van der Waals surface area contributed by atoms with Crippen molar-refractivity contribution in [3.05, 3.63) is 64.7 Å². The maximum absolute atomic E-state index is 14.0. The van der Waals surface area contributed by atoms with Gasteiger partial charge in [0.05, 0.1) is 5.56 Å². The molecule has 4 aliphatic rings. The van der Waals surface area contributed by atoms with Crippen molar-refractivity contribution in [2.75, 3.05) is 71.3 Å². The smallest absolute Gasteiger partial charge is 0.351 e. The monoisotopic (exact) mass is 713 g/mol. The molecule has 0 saturated carbocycles. The van der Waals surface area contributed by atoms with Crippen LogP contribution in [0, 0.1) is 0 Å². The summed E-state index contributed by atoms with van der Waals surface area (Å²) >= 11 is 0. The summed E-state index contributed by atoms with van der Waals surface area (Å²) in [5.74, 6) is -0.338. The Morgan fingerprint density at radius 2 is 1.61 bits per heavy atom. The molecule has 0 unspecified atom stereocenters. The lowest BCUT2D eigenvalue weighted by molar-refractivity contribution is -0.138. The van der Waals surface area contributed by atoms with Gasteiger partial charge in [-0.15, -0.1) is 5.06 Å². The number of amides is 4. The van der Waals surface area contributed by atoms with Crippen molar-refractivity contribution in [2.24, 2.45) is 0 Å². The summed E-state index contributed by atoms with van der Waals surface area (Å²) in [6.07, 6.45) is -1.19. The van der Waals surface area contributed by atoms with Gasteiger partial charge in [0.25, 0.3) is 0 Å². The van der Waals surface area contributed by atoms with Gasteiger partial charge in [-0.3, -0.25) is 9.69 Å². The van der Waals surface area contributed by atoms with Crippen molar-refractivity contribution in [1.29, 1.82) is 0 Å². The fourth-order valence-corrected chi connectivity index (χ4v) is 7.92. The standard InChI is InChI=1S/C37H50F3N7O4/c1-3-27-9-8-26(24-31(27)37(38,39)40)25-33(34(48)45-22-20-44(21-23-45)29-11-15-43(2)16-12-29)42-36(50)51-46-17-13-30(14-18-46)47-19-10-28-6-4-5-7-32(28)41-35(47)49/h4-9,24,29-30,33H,3,10-23,25H2,1-2H3,(H,41,49)(H,42,50)/t33-/m1/s1. The number of benzene rings is 2. The van der Waals surface area contributed by atoms with E-state index in [2.05, 4.69) is 27.5 Å². The molecule has 2 aromatic rings. The number of hydrogen-bond donors (Lipinski definition) is 2. The first kappa shape index (κ1) is 36.9. The van der Waals surface area contributed by atoms with Crippen molar-refractivity contribution >= 4 is 23.7 Å². The molecular weight excluding hydrogens is 663 g/mol. The maximum Gasteiger partial charge on any atom is 0.426 e. The van der Waals surface area contributed by atoms with Crippen molar-refractivity contribution in [1.82, 2.24) is 30.0 Å². The lowest BCUT2D eigenvalue weighted by atomic mass is 9.97. The number of hydroxylamine groups is 2. The average molecular weight is 714 g/mol. The molecule has 0 spiro atoms. The Hall–Kier alpha value is -3.88. The molecule has 4 heterocycles. The van der Waals surface area contributed by atoms with Crippen LogP contribution in [0.3, 0.4) is 0 Å². The topological polar surface area (TPSA) is 101 Å². The second-order valence-corrected chi connectivity index (χ2v) is 14.2. The van der Waals surface area contributed by atoms with Crippen molar-refractivity contribution in [2.45, 2.75) is 76.2 Å². The van der Waals surface area contributed by atoms with Crippen LogP contribution >= 0.6 is 0 Å². The van der Waals surface area contributed by atoms with Gasteiger partial charge in [-0.05, 0) is 87.5 Å². The highest BCUT2D eigenvalue weighted by Gasteiger charge is 2.36. The molecule has 4 amide bonds. The van der Waals surface area contributed by atoms with E-state index >= 15 is 0 Å². The Kier molecular flexibility index (Phi) is 11.7. The van der Waals surface area contributed by atoms with E-state index in [1.807, 2.05) is 29.2 Å². The molecule has 0 aromatic heterocycles. The van der Waals surface area contributed by atoms with Gasteiger partial charge >= 0.3 is 18.3 Å². The summed E-state index contributed by atoms with van der Waals surface area (Å²) in [5.41, 5.74) is 1.67. The number of halogens is 3. The zero-order valence-electron chi connectivity index (χ0n) is 29.6. The second-order valence-electron chi connectivity index (χ2n) is 14.2. The Balaban J connectivity index is 1.08. The van der Waals surface area contributed by atoms with Crippen molar-refractivity contribution in [3.8, 4) is 0 Å². The number of nitrogens with zero attached hydrogens (tertiary/aromatic N) is 5. The molecule has 11 nitrogen and oxygen atoms in total. The molecule has 0 aliphatic carbocycles. The second kappa shape index (κ2) is 16.2. The Morgan fingerprint density at radius 3 is 2.29 bits per heavy atom. The van der Waals surface area contributed by atoms with Crippen molar-refractivity contribution in [3.63, 3.8) is 0 Å². The van der Waals surface area contributed by atoms with Gasteiger partial charge in [0.1, 0.15) is 6.04 Å². The number of aryl methyl sites for hydroxylation is 1. The molecule has 3 saturated heterocycles. The SMILES string of the molecule is CCc1ccc(C[C@@H](NC(=O)ON2CCC(N3CCc4ccccc4NC3=O)CC2)C(=O)N2CCN(C3CCN(C)CC3)CC2)cc1C(F)(F)F. The molecule has 14 heteroatoms. The Bertz CT molecular complexity index is 1530. The van der Waals surface area contributed by atoms with Crippen LogP contribution in [0.2, 0.25) is 0 Å². The first-order valence-corrected chi connectivity index (χ1v) is 18.3. The van der Waals surface area contributed by atoms with Crippen LogP contribution in [0.4, 0.5) is 28.4 Å². The Labute approximate surface area is 298 Å². The summed E-state index contributed by atoms with van der Waals surface area (Å²) in [6, 6.07) is 11.1. The zero-order chi connectivity index (χ0) is 36.1. The number of carbonyl (C=O) groups excluding carboxylic acids is 3. The molecule has 4 aliphatic heterocycles. The van der Waals surface area contributed by atoms with E-state index in [0.717, 1.165) is 49.7 Å². The van der Waals surface area contributed by atoms with Gasteiger partial charge in [0, 0.05) is 70.0 Å². The van der Waals surface area contributed by atoms with Crippen LogP contribution in [0.5, 0.6) is 0 Å². The van der Waals surface area contributed by atoms with E-state index in [1.54, 1.807) is 17.9 Å². The van der Waals surface area contributed by atoms with Crippen LogP contribution in [0.25, 0.3) is 0 Å². The summed E-state index contributed by atoms with van der Waals surface area (Å²) in [6.45, 7) is 7.47. The molecule has 0 bridgehead atoms. The van der Waals surface area contributed by atoms with Gasteiger partial charge < -0.3 is 30.2 Å². The van der Waals surface area contributed by atoms with Gasteiger partial charge in [-0.2, -0.15) is 13.2 Å². The lowest BCUT2D eigenvalue weighted by Gasteiger charge is -2.42. The zero-order valence-corrected chi connectivity index (χ0v) is 29.6. The lowest BCUT2D eigenvalue weighted by Crippen LogP contribution is -2.58. The predicted octanol–water partition coefficient (Wildman–Crippen LogP) is 4.61. The molecule has 51 heavy (non-hydrogen) atoms. The number of piperazine rings is 1. The highest BCUT2D eigenvalue weighted by Crippen LogP contribution is 2.33. The van der Waals surface area contributed by atoms with Crippen LogP contribution in [-0.4, -0.2) is 127 Å². The fraction of sp³-hybridized carbons (Fsp3) is 0.595. The van der Waals surface area contributed by atoms with Crippen LogP contribution < -0.4 is 10.6 Å². The molecule has 2 N–H and O–H groups in total. The number of likely N-dealkylation sites (tertiary alicyclic amines) is 1. The maximum atomic E-state index is 14.0. The number of fused-ring (bicyclic) bond motifs is 1. The third-order valence-electron chi connectivity index (χ3n) is 10.9. The van der Waals surface area contributed by atoms with E-state index in [0.29, 0.717) is 70.3 Å². The number of alkyl halides is 3. The minimum atomic E-state index is -4.54. The number of nitrogens with one attached hydrogen (secondary N) is 2. The molecule has 2 aromatic carbocycles. The minimum Gasteiger partial charge on any atom is -0.351 e. The average Bonchev–Trinajstić information content (AvgIpc) is 3.29. The van der Waals surface area contributed by atoms with Gasteiger partial charge in [0.15, 0.2) is 0 Å². The molecule has 1 atom stereocenters. The number of carbonyl (C=O) groups is 3. The van der Waals surface area contributed by atoms with Gasteiger partial charge in [-0.25, -0.2) is 9.59 Å². The minimum absolute atomic E-state index is 0.0290. The number of urea groups is 1. The number of piperidine rings is 2. The molecule has 3 fully saturated rings. The van der Waals surface area contributed by atoms with Gasteiger partial charge in [-0.1, -0.05) is 37.3 Å². The van der Waals surface area contributed by atoms with Crippen LogP contribution in [-0.2, 0) is 35.1 Å². The molecule has 278 valence electrons. The Morgan fingerprint density at radius 1 is 0.922 bits per heavy atom. The first-order valence-electron chi connectivity index (χ1n) is 18.3. The third kappa shape index (κ3) is 9.14. The molecule has 0 radical (unpaired) electrons. The van der Waals surface area contributed by atoms with E-state index in [1.165, 1.54) is 11.1 Å². The van der Waals surface area contributed by atoms with Crippen LogP contribution in [0.15, 0.2) is 42.5 Å². The summed E-state index contributed by atoms with van der Waals surface area (Å²) < 4.78 is 41.8. The normalized spacial score (nSPS) is 21.1. The predicted molar refractivity (Wildman–Crippen MR) is 187 cm³/mol. The fourth-order valence-electron chi connectivity index (χ4n) is 7.92. The van der Waals surface area contributed by atoms with Gasteiger partial charge in [0.2, 0.25) is 5.91 Å². The number of para-hydroxylation sites is 1. The molecule has 6 rings (SSSR count). The van der Waals surface area contributed by atoms with E-state index < -0.39 is 23.9 Å². The van der Waals surface area contributed by atoms with Crippen molar-refractivity contribution < 1.29 is 32.4 Å². The quantitative estimate of drug-likeness (QED) is 0.413. The summed E-state index contributed by atoms with van der Waals surface area (Å²) in [4.78, 5) is 54.2. The first-order chi connectivity index (χ1) is 24.5. The summed E-state index contributed by atoms with van der Waals surface area (Å²) in [5, 5.41) is 7.24. The highest BCUT2D eigenvalue weighted by molar-refractivity contribution is 5.91. The number of rotatable bonds is 8. The van der Waals surface area contributed by atoms with E-state index in [9.17, 15) is 27.6 Å². The third-order valence-corrected chi connectivity index (χ3v) is 10.9. The number of anilines is 1. The number of hydrogen-bond acceptors (Lipinski definition) is 7. The van der Waals surface area contributed by atoms with Crippen LogP contribution in [0.1, 0.15) is 54.9 Å². The van der Waals surface area contributed by atoms with E-state index in [-0.39, 0.29) is 36.4 Å². The largest absolute Gasteiger partial charge is 0.426 e. The highest BCUT2D eigenvalue weighted by atomic mass is 19.4. The summed E-state index contributed by atoms with van der Waals surface area (Å²) in [7, 11) is 2.12.